The minimum atomic E-state index is -1.43. The van der Waals surface area contributed by atoms with Gasteiger partial charge in [-0.2, -0.15) is 0 Å². The molecule has 0 aromatic heterocycles. The summed E-state index contributed by atoms with van der Waals surface area (Å²) >= 11 is 0. The van der Waals surface area contributed by atoms with Gasteiger partial charge >= 0.3 is 7.12 Å². The summed E-state index contributed by atoms with van der Waals surface area (Å²) in [6.45, 7) is 4.14. The van der Waals surface area contributed by atoms with Crippen molar-refractivity contribution < 1.29 is 10.0 Å². The average molecular weight is 306 g/mol. The number of hydrogen-bond acceptors (Lipinski definition) is 2. The summed E-state index contributed by atoms with van der Waals surface area (Å²) in [6, 6.07) is 13.7. The number of aryl methyl sites for hydroxylation is 2. The van der Waals surface area contributed by atoms with Crippen LogP contribution in [0.5, 0.6) is 0 Å². The van der Waals surface area contributed by atoms with Crippen LogP contribution in [0.15, 0.2) is 42.5 Å². The fourth-order valence-corrected chi connectivity index (χ4v) is 2.46. The van der Waals surface area contributed by atoms with Crippen molar-refractivity contribution in [2.75, 3.05) is 0 Å². The molecule has 0 aliphatic carbocycles. The second kappa shape index (κ2) is 8.57. The van der Waals surface area contributed by atoms with Crippen LogP contribution >= 0.6 is 0 Å². The summed E-state index contributed by atoms with van der Waals surface area (Å²) in [6.07, 6.45) is 4.89. The minimum absolute atomic E-state index is 0.490. The lowest BCUT2D eigenvalue weighted by Gasteiger charge is -2.03. The quantitative estimate of drug-likeness (QED) is 0.507. The van der Waals surface area contributed by atoms with Gasteiger partial charge in [-0.15, -0.1) is 0 Å². The summed E-state index contributed by atoms with van der Waals surface area (Å²) in [7, 11) is -1.43. The Labute approximate surface area is 139 Å². The lowest BCUT2D eigenvalue weighted by atomic mass is 9.79. The van der Waals surface area contributed by atoms with Gasteiger partial charge in [0.25, 0.3) is 0 Å². The Bertz CT molecular complexity index is 694. The topological polar surface area (TPSA) is 40.5 Å². The number of hydrogen-bond donors (Lipinski definition) is 2. The molecule has 2 aromatic carbocycles. The lowest BCUT2D eigenvalue weighted by molar-refractivity contribution is 0.425. The zero-order valence-corrected chi connectivity index (χ0v) is 13.8. The molecule has 0 saturated heterocycles. The van der Waals surface area contributed by atoms with Crippen LogP contribution in [0, 0.1) is 18.8 Å². The van der Waals surface area contributed by atoms with E-state index in [-0.39, 0.29) is 0 Å². The minimum Gasteiger partial charge on any atom is -0.423 e. The van der Waals surface area contributed by atoms with Crippen molar-refractivity contribution in [3.05, 3.63) is 64.7 Å². The molecule has 0 aliphatic rings. The third-order valence-electron chi connectivity index (χ3n) is 3.91. The summed E-state index contributed by atoms with van der Waals surface area (Å²) in [4.78, 5) is 0. The van der Waals surface area contributed by atoms with Gasteiger partial charge in [-0.25, -0.2) is 0 Å². The van der Waals surface area contributed by atoms with Crippen LogP contribution in [-0.2, 0) is 6.42 Å². The molecule has 2 rings (SSSR count). The Morgan fingerprint density at radius 2 is 1.70 bits per heavy atom. The Kier molecular flexibility index (Phi) is 6.46. The van der Waals surface area contributed by atoms with Crippen molar-refractivity contribution >= 4 is 12.6 Å². The molecule has 118 valence electrons. The molecule has 0 radical (unpaired) electrons. The van der Waals surface area contributed by atoms with Gasteiger partial charge in [-0.3, -0.25) is 0 Å². The molecule has 2 nitrogen and oxygen atoms in total. The van der Waals surface area contributed by atoms with Gasteiger partial charge in [0, 0.05) is 11.1 Å². The Morgan fingerprint density at radius 3 is 2.30 bits per heavy atom. The highest BCUT2D eigenvalue weighted by atomic mass is 16.4. The highest BCUT2D eigenvalue weighted by molar-refractivity contribution is 6.58. The first-order chi connectivity index (χ1) is 11.1. The van der Waals surface area contributed by atoms with E-state index in [0.29, 0.717) is 5.46 Å². The maximum Gasteiger partial charge on any atom is 0.488 e. The predicted octanol–water partition coefficient (Wildman–Crippen LogP) is 2.81. The maximum absolute atomic E-state index is 9.17. The molecule has 2 aromatic rings. The zero-order valence-electron chi connectivity index (χ0n) is 13.8. The maximum atomic E-state index is 9.17. The highest BCUT2D eigenvalue weighted by Crippen LogP contribution is 2.09. The molecule has 0 spiro atoms. The van der Waals surface area contributed by atoms with Crippen LogP contribution in [-0.4, -0.2) is 17.2 Å². The lowest BCUT2D eigenvalue weighted by Crippen LogP contribution is -2.29. The molecule has 0 heterocycles. The molecular formula is C20H23BO2. The third-order valence-corrected chi connectivity index (χ3v) is 3.91. The van der Waals surface area contributed by atoms with Gasteiger partial charge in [-0.1, -0.05) is 55.9 Å². The van der Waals surface area contributed by atoms with Crippen molar-refractivity contribution in [3.63, 3.8) is 0 Å². The van der Waals surface area contributed by atoms with E-state index in [1.54, 1.807) is 12.1 Å². The predicted molar refractivity (Wildman–Crippen MR) is 96.7 cm³/mol. The van der Waals surface area contributed by atoms with Crippen LogP contribution in [0.2, 0.25) is 0 Å². The van der Waals surface area contributed by atoms with Crippen molar-refractivity contribution in [3.8, 4) is 11.8 Å². The molecular weight excluding hydrogens is 283 g/mol. The van der Waals surface area contributed by atoms with Crippen molar-refractivity contribution in [1.29, 1.82) is 0 Å². The summed E-state index contributed by atoms with van der Waals surface area (Å²) in [5.41, 5.74) is 4.70. The first-order valence-corrected chi connectivity index (χ1v) is 8.18. The van der Waals surface area contributed by atoms with Gasteiger partial charge in [0.15, 0.2) is 0 Å². The molecule has 0 amide bonds. The fourth-order valence-electron chi connectivity index (χ4n) is 2.46. The van der Waals surface area contributed by atoms with Crippen LogP contribution in [0.3, 0.4) is 0 Å². The van der Waals surface area contributed by atoms with Crippen molar-refractivity contribution in [2.45, 2.75) is 39.5 Å². The Balaban J connectivity index is 2.07. The Hall–Kier alpha value is -2.02. The normalized spacial score (nSPS) is 10.1. The van der Waals surface area contributed by atoms with E-state index in [2.05, 4.69) is 43.0 Å². The summed E-state index contributed by atoms with van der Waals surface area (Å²) in [5, 5.41) is 18.3. The zero-order chi connectivity index (χ0) is 16.7. The van der Waals surface area contributed by atoms with E-state index in [1.807, 2.05) is 13.0 Å². The standard InChI is InChI=1S/C20H23BO2/c1-3-4-5-6-17-7-9-18(10-8-17)11-12-19-13-14-20(21(22)23)15-16(19)2/h7-10,13-15,22-23H,3-6H2,1-2H3. The largest absolute Gasteiger partial charge is 0.488 e. The van der Waals surface area contributed by atoms with E-state index in [9.17, 15) is 0 Å². The van der Waals surface area contributed by atoms with Gasteiger partial charge in [-0.05, 0) is 54.6 Å². The van der Waals surface area contributed by atoms with Crippen molar-refractivity contribution in [1.82, 2.24) is 0 Å². The molecule has 0 atom stereocenters. The summed E-state index contributed by atoms with van der Waals surface area (Å²) in [5.74, 6) is 6.32. The van der Waals surface area contributed by atoms with E-state index >= 15 is 0 Å². The molecule has 0 bridgehead atoms. The molecule has 0 unspecified atom stereocenters. The smallest absolute Gasteiger partial charge is 0.423 e. The van der Waals surface area contributed by atoms with Gasteiger partial charge in [0.1, 0.15) is 0 Å². The monoisotopic (exact) mass is 306 g/mol. The van der Waals surface area contributed by atoms with Crippen LogP contribution in [0.25, 0.3) is 0 Å². The van der Waals surface area contributed by atoms with Gasteiger partial charge in [0.2, 0.25) is 0 Å². The van der Waals surface area contributed by atoms with E-state index in [1.165, 1.54) is 24.8 Å². The molecule has 0 aliphatic heterocycles. The van der Waals surface area contributed by atoms with Crippen LogP contribution in [0.1, 0.15) is 48.4 Å². The molecule has 2 N–H and O–H groups in total. The average Bonchev–Trinajstić information content (AvgIpc) is 2.55. The first kappa shape index (κ1) is 17.3. The third kappa shape index (κ3) is 5.28. The Morgan fingerprint density at radius 1 is 0.957 bits per heavy atom. The van der Waals surface area contributed by atoms with Gasteiger partial charge < -0.3 is 10.0 Å². The van der Waals surface area contributed by atoms with E-state index < -0.39 is 7.12 Å². The molecule has 23 heavy (non-hydrogen) atoms. The molecule has 0 fully saturated rings. The highest BCUT2D eigenvalue weighted by Gasteiger charge is 2.11. The number of unbranched alkanes of at least 4 members (excludes halogenated alkanes) is 2. The van der Waals surface area contributed by atoms with E-state index in [4.69, 9.17) is 10.0 Å². The number of benzene rings is 2. The first-order valence-electron chi connectivity index (χ1n) is 8.18. The van der Waals surface area contributed by atoms with Gasteiger partial charge in [0.05, 0.1) is 0 Å². The fraction of sp³-hybridized carbons (Fsp3) is 0.300. The van der Waals surface area contributed by atoms with Crippen LogP contribution in [0.4, 0.5) is 0 Å². The van der Waals surface area contributed by atoms with E-state index in [0.717, 1.165) is 23.1 Å². The van der Waals surface area contributed by atoms with Crippen LogP contribution < -0.4 is 5.46 Å². The van der Waals surface area contributed by atoms with Crippen molar-refractivity contribution in [2.24, 2.45) is 0 Å². The molecule has 3 heteroatoms. The second-order valence-electron chi connectivity index (χ2n) is 5.85. The molecule has 0 saturated carbocycles. The SMILES string of the molecule is CCCCCc1ccc(C#Cc2ccc(B(O)O)cc2C)cc1. The second-order valence-corrected chi connectivity index (χ2v) is 5.85. The number of rotatable bonds is 5. The summed E-state index contributed by atoms with van der Waals surface area (Å²) < 4.78 is 0.